The third-order valence-corrected chi connectivity index (χ3v) is 4.46. The molecule has 1 aromatic heterocycles. The van der Waals surface area contributed by atoms with Crippen LogP contribution in [0.25, 0.3) is 0 Å². The summed E-state index contributed by atoms with van der Waals surface area (Å²) in [5.74, 6) is -2.78. The SMILES string of the molecule is CNc1ccc(Nc2nc(N)c(C(=O)c3c(F)cccc3F)s2)cc1. The second-order valence-corrected chi connectivity index (χ2v) is 6.11. The molecule has 0 aliphatic rings. The Morgan fingerprint density at radius 2 is 1.68 bits per heavy atom. The van der Waals surface area contributed by atoms with Crippen molar-refractivity contribution in [2.45, 2.75) is 0 Å². The minimum absolute atomic E-state index is 0.0154. The van der Waals surface area contributed by atoms with Crippen LogP contribution in [0.15, 0.2) is 42.5 Å². The summed E-state index contributed by atoms with van der Waals surface area (Å²) in [6.45, 7) is 0. The first kappa shape index (κ1) is 16.8. The van der Waals surface area contributed by atoms with Crippen molar-refractivity contribution in [3.8, 4) is 0 Å². The monoisotopic (exact) mass is 360 g/mol. The zero-order chi connectivity index (χ0) is 18.0. The second-order valence-electron chi connectivity index (χ2n) is 5.11. The van der Waals surface area contributed by atoms with Gasteiger partial charge < -0.3 is 16.4 Å². The minimum atomic E-state index is -0.935. The molecule has 5 nitrogen and oxygen atoms in total. The van der Waals surface area contributed by atoms with Crippen LogP contribution in [0.5, 0.6) is 0 Å². The number of aromatic nitrogens is 1. The predicted molar refractivity (Wildman–Crippen MR) is 95.6 cm³/mol. The number of hydrogen-bond acceptors (Lipinski definition) is 6. The van der Waals surface area contributed by atoms with Crippen molar-refractivity contribution in [2.75, 3.05) is 23.4 Å². The summed E-state index contributed by atoms with van der Waals surface area (Å²) >= 11 is 0.939. The van der Waals surface area contributed by atoms with Crippen LogP contribution in [0.1, 0.15) is 15.2 Å². The van der Waals surface area contributed by atoms with Gasteiger partial charge in [0.1, 0.15) is 22.3 Å². The maximum Gasteiger partial charge on any atom is 0.212 e. The van der Waals surface area contributed by atoms with Crippen LogP contribution in [-0.2, 0) is 0 Å². The molecule has 3 aromatic rings. The number of nitrogen functional groups attached to an aromatic ring is 1. The van der Waals surface area contributed by atoms with Crippen molar-refractivity contribution in [1.29, 1.82) is 0 Å². The summed E-state index contributed by atoms with van der Waals surface area (Å²) in [4.78, 5) is 16.5. The molecule has 0 radical (unpaired) electrons. The molecule has 0 aliphatic heterocycles. The fourth-order valence-corrected chi connectivity index (χ4v) is 3.07. The van der Waals surface area contributed by atoms with Gasteiger partial charge in [0.05, 0.1) is 5.56 Å². The van der Waals surface area contributed by atoms with E-state index in [1.54, 1.807) is 0 Å². The average molecular weight is 360 g/mol. The van der Waals surface area contributed by atoms with E-state index in [4.69, 9.17) is 5.73 Å². The Bertz CT molecular complexity index is 905. The van der Waals surface area contributed by atoms with Gasteiger partial charge in [-0.25, -0.2) is 13.8 Å². The van der Waals surface area contributed by atoms with Gasteiger partial charge in [0.25, 0.3) is 0 Å². The molecule has 0 unspecified atom stereocenters. The standard InChI is InChI=1S/C17H14F2N4OS/c1-21-9-5-7-10(8-6-9)22-17-23-16(20)15(25-17)14(24)13-11(18)3-2-4-12(13)19/h2-8,21H,20H2,1H3,(H,22,23). The van der Waals surface area contributed by atoms with E-state index in [0.717, 1.165) is 34.8 Å². The first-order chi connectivity index (χ1) is 12.0. The molecule has 0 bridgehead atoms. The highest BCUT2D eigenvalue weighted by Gasteiger charge is 2.24. The number of nitrogens with one attached hydrogen (secondary N) is 2. The molecule has 0 amide bonds. The Balaban J connectivity index is 1.88. The summed E-state index contributed by atoms with van der Waals surface area (Å²) in [6.07, 6.45) is 0. The summed E-state index contributed by atoms with van der Waals surface area (Å²) < 4.78 is 27.6. The van der Waals surface area contributed by atoms with E-state index in [9.17, 15) is 13.6 Å². The maximum atomic E-state index is 13.8. The molecule has 4 N–H and O–H groups in total. The van der Waals surface area contributed by atoms with E-state index in [2.05, 4.69) is 15.6 Å². The van der Waals surface area contributed by atoms with Gasteiger partial charge in [-0.15, -0.1) is 0 Å². The minimum Gasteiger partial charge on any atom is -0.388 e. The number of carbonyl (C=O) groups is 1. The number of thiazole rings is 1. The number of nitrogens with zero attached hydrogens (tertiary/aromatic N) is 1. The van der Waals surface area contributed by atoms with E-state index in [0.29, 0.717) is 5.13 Å². The van der Waals surface area contributed by atoms with Gasteiger partial charge in [-0.2, -0.15) is 0 Å². The fraction of sp³-hybridized carbons (Fsp3) is 0.0588. The number of hydrogen-bond donors (Lipinski definition) is 3. The number of halogens is 2. The molecule has 8 heteroatoms. The first-order valence-corrected chi connectivity index (χ1v) is 8.11. The third-order valence-electron chi connectivity index (χ3n) is 3.47. The normalized spacial score (nSPS) is 10.5. The van der Waals surface area contributed by atoms with Crippen LogP contribution in [-0.4, -0.2) is 17.8 Å². The Kier molecular flexibility index (Phi) is 4.62. The van der Waals surface area contributed by atoms with Gasteiger partial charge >= 0.3 is 0 Å². The largest absolute Gasteiger partial charge is 0.388 e. The molecule has 0 saturated heterocycles. The van der Waals surface area contributed by atoms with Crippen molar-refractivity contribution in [3.05, 3.63) is 64.5 Å². The molecule has 3 rings (SSSR count). The van der Waals surface area contributed by atoms with Crippen molar-refractivity contribution in [2.24, 2.45) is 0 Å². The Hall–Kier alpha value is -3.00. The van der Waals surface area contributed by atoms with Gasteiger partial charge in [0.15, 0.2) is 5.13 Å². The quantitative estimate of drug-likeness (QED) is 0.599. The molecule has 0 saturated carbocycles. The van der Waals surface area contributed by atoms with Crippen molar-refractivity contribution in [3.63, 3.8) is 0 Å². The highest BCUT2D eigenvalue weighted by molar-refractivity contribution is 7.18. The number of anilines is 4. The molecule has 0 fully saturated rings. The number of carbonyl (C=O) groups excluding carboxylic acids is 1. The van der Waals surface area contributed by atoms with Crippen LogP contribution in [0.4, 0.5) is 31.1 Å². The van der Waals surface area contributed by atoms with Crippen LogP contribution in [0.2, 0.25) is 0 Å². The lowest BCUT2D eigenvalue weighted by Crippen LogP contribution is -2.07. The topological polar surface area (TPSA) is 80.0 Å². The fourth-order valence-electron chi connectivity index (χ4n) is 2.22. The van der Waals surface area contributed by atoms with Gasteiger partial charge in [-0.3, -0.25) is 4.79 Å². The average Bonchev–Trinajstić information content (AvgIpc) is 2.95. The van der Waals surface area contributed by atoms with E-state index in [-0.39, 0.29) is 10.7 Å². The highest BCUT2D eigenvalue weighted by Crippen LogP contribution is 2.31. The molecule has 0 atom stereocenters. The molecule has 0 spiro atoms. The molecule has 25 heavy (non-hydrogen) atoms. The molecule has 128 valence electrons. The third kappa shape index (κ3) is 3.43. The number of benzene rings is 2. The number of nitrogens with two attached hydrogens (primary N) is 1. The summed E-state index contributed by atoms with van der Waals surface area (Å²) in [5.41, 5.74) is 6.81. The first-order valence-electron chi connectivity index (χ1n) is 7.29. The smallest absolute Gasteiger partial charge is 0.212 e. The van der Waals surface area contributed by atoms with Crippen LogP contribution < -0.4 is 16.4 Å². The van der Waals surface area contributed by atoms with Gasteiger partial charge in [-0.1, -0.05) is 17.4 Å². The van der Waals surface area contributed by atoms with E-state index in [1.165, 1.54) is 6.07 Å². The van der Waals surface area contributed by atoms with Crippen LogP contribution in [0, 0.1) is 11.6 Å². The molecule has 2 aromatic carbocycles. The van der Waals surface area contributed by atoms with Crippen molar-refractivity contribution < 1.29 is 13.6 Å². The highest BCUT2D eigenvalue weighted by atomic mass is 32.1. The molecule has 0 aliphatic carbocycles. The lowest BCUT2D eigenvalue weighted by molar-refractivity contribution is 0.103. The predicted octanol–water partition coefficient (Wildman–Crippen LogP) is 4.02. The van der Waals surface area contributed by atoms with Crippen LogP contribution in [0.3, 0.4) is 0 Å². The van der Waals surface area contributed by atoms with Gasteiger partial charge in [0.2, 0.25) is 5.78 Å². The zero-order valence-corrected chi connectivity index (χ0v) is 14.0. The number of ketones is 1. The molecule has 1 heterocycles. The Labute approximate surface area is 146 Å². The number of rotatable bonds is 5. The summed E-state index contributed by atoms with van der Waals surface area (Å²) in [7, 11) is 1.81. The molecular formula is C17H14F2N4OS. The zero-order valence-electron chi connectivity index (χ0n) is 13.1. The van der Waals surface area contributed by atoms with Gasteiger partial charge in [-0.05, 0) is 36.4 Å². The lowest BCUT2D eigenvalue weighted by atomic mass is 10.1. The van der Waals surface area contributed by atoms with E-state index >= 15 is 0 Å². The van der Waals surface area contributed by atoms with Crippen molar-refractivity contribution >= 4 is 39.4 Å². The second kappa shape index (κ2) is 6.86. The Morgan fingerprint density at radius 3 is 2.28 bits per heavy atom. The Morgan fingerprint density at radius 1 is 1.08 bits per heavy atom. The molecular weight excluding hydrogens is 346 g/mol. The maximum absolute atomic E-state index is 13.8. The van der Waals surface area contributed by atoms with E-state index < -0.39 is 23.0 Å². The summed E-state index contributed by atoms with van der Waals surface area (Å²) in [5, 5.41) is 6.37. The lowest BCUT2D eigenvalue weighted by Gasteiger charge is -2.04. The van der Waals surface area contributed by atoms with Crippen molar-refractivity contribution in [1.82, 2.24) is 4.98 Å². The van der Waals surface area contributed by atoms with Crippen LogP contribution >= 0.6 is 11.3 Å². The van der Waals surface area contributed by atoms with E-state index in [1.807, 2.05) is 31.3 Å². The summed E-state index contributed by atoms with van der Waals surface area (Å²) in [6, 6.07) is 10.6. The van der Waals surface area contributed by atoms with Gasteiger partial charge in [0, 0.05) is 18.4 Å².